The molecule has 0 bridgehead atoms. The Morgan fingerprint density at radius 1 is 1.07 bits per heavy atom. The SMILES string of the molecule is C=C(F)C(=O)OC(OCCCCC(F)(F)C(F)(F)S)(C(=O)NCC)C(F)(F)F. The summed E-state index contributed by atoms with van der Waals surface area (Å²) < 4.78 is 112. The van der Waals surface area contributed by atoms with Crippen LogP contribution in [-0.2, 0) is 19.1 Å². The number of nitrogens with one attached hydrogen (secondary N) is 1. The Hall–Kier alpha value is -1.57. The molecule has 0 rings (SSSR count). The second-order valence-electron chi connectivity index (χ2n) is 5.32. The second-order valence-corrected chi connectivity index (χ2v) is 5.88. The highest BCUT2D eigenvalue weighted by atomic mass is 32.1. The van der Waals surface area contributed by atoms with Crippen molar-refractivity contribution in [3.8, 4) is 0 Å². The molecule has 1 atom stereocenters. The van der Waals surface area contributed by atoms with Crippen LogP contribution >= 0.6 is 12.6 Å². The lowest BCUT2D eigenvalue weighted by molar-refractivity contribution is -0.347. The van der Waals surface area contributed by atoms with E-state index >= 15 is 0 Å². The molecular formula is C14H17F8NO4S. The lowest BCUT2D eigenvalue weighted by Gasteiger charge is -2.32. The van der Waals surface area contributed by atoms with Gasteiger partial charge in [-0.05, 0) is 19.8 Å². The van der Waals surface area contributed by atoms with E-state index in [1.165, 1.54) is 6.92 Å². The van der Waals surface area contributed by atoms with Gasteiger partial charge < -0.3 is 14.8 Å². The van der Waals surface area contributed by atoms with Crippen LogP contribution in [0.1, 0.15) is 26.2 Å². The molecule has 0 aromatic carbocycles. The molecule has 1 amide bonds. The molecule has 0 aromatic heterocycles. The predicted octanol–water partition coefficient (Wildman–Crippen LogP) is 3.75. The van der Waals surface area contributed by atoms with Gasteiger partial charge in [0.25, 0.3) is 0 Å². The highest BCUT2D eigenvalue weighted by Gasteiger charge is 2.66. The Kier molecular flexibility index (Phi) is 9.21. The summed E-state index contributed by atoms with van der Waals surface area (Å²) in [6, 6.07) is 0. The van der Waals surface area contributed by atoms with Gasteiger partial charge in [-0.2, -0.15) is 35.1 Å². The number of unbranched alkanes of at least 4 members (excludes halogenated alkanes) is 1. The lowest BCUT2D eigenvalue weighted by atomic mass is 10.1. The van der Waals surface area contributed by atoms with Crippen molar-refractivity contribution in [2.24, 2.45) is 0 Å². The molecule has 0 aromatic rings. The van der Waals surface area contributed by atoms with Crippen molar-refractivity contribution in [1.82, 2.24) is 5.32 Å². The molecule has 1 unspecified atom stereocenters. The summed E-state index contributed by atoms with van der Waals surface area (Å²) in [6.45, 7) is 2.17. The number of thiol groups is 1. The van der Waals surface area contributed by atoms with Gasteiger partial charge in [-0.15, -0.1) is 0 Å². The maximum absolute atomic E-state index is 13.4. The van der Waals surface area contributed by atoms with Gasteiger partial charge in [0.15, 0.2) is 0 Å². The van der Waals surface area contributed by atoms with E-state index in [0.29, 0.717) is 0 Å². The summed E-state index contributed by atoms with van der Waals surface area (Å²) in [6.07, 6.45) is -8.56. The van der Waals surface area contributed by atoms with E-state index < -0.39 is 66.7 Å². The highest BCUT2D eigenvalue weighted by Crippen LogP contribution is 2.41. The molecule has 0 aliphatic carbocycles. The van der Waals surface area contributed by atoms with E-state index in [4.69, 9.17) is 0 Å². The third-order valence-electron chi connectivity index (χ3n) is 3.10. The van der Waals surface area contributed by atoms with Crippen molar-refractivity contribution in [2.45, 2.75) is 49.3 Å². The Morgan fingerprint density at radius 3 is 2.00 bits per heavy atom. The fourth-order valence-corrected chi connectivity index (χ4v) is 1.80. The van der Waals surface area contributed by atoms with Crippen LogP contribution in [0.25, 0.3) is 0 Å². The van der Waals surface area contributed by atoms with Gasteiger partial charge in [0.1, 0.15) is 0 Å². The summed E-state index contributed by atoms with van der Waals surface area (Å²) in [5.41, 5.74) is 0. The smallest absolute Gasteiger partial charge is 0.410 e. The van der Waals surface area contributed by atoms with E-state index in [1.54, 1.807) is 5.32 Å². The zero-order chi connectivity index (χ0) is 22.4. The van der Waals surface area contributed by atoms with E-state index in [9.17, 15) is 44.7 Å². The number of likely N-dealkylation sites (N-methyl/N-ethyl adjacent to an activating group) is 1. The van der Waals surface area contributed by atoms with Crippen LogP contribution in [0, 0.1) is 0 Å². The van der Waals surface area contributed by atoms with Crippen molar-refractivity contribution >= 4 is 24.5 Å². The first kappa shape index (κ1) is 26.4. The zero-order valence-electron chi connectivity index (χ0n) is 14.3. The molecule has 0 fully saturated rings. The van der Waals surface area contributed by atoms with Crippen molar-refractivity contribution in [3.63, 3.8) is 0 Å². The third-order valence-corrected chi connectivity index (χ3v) is 3.42. The van der Waals surface area contributed by atoms with Crippen LogP contribution < -0.4 is 5.32 Å². The normalized spacial score (nSPS) is 14.9. The maximum atomic E-state index is 13.4. The molecule has 0 aliphatic rings. The van der Waals surface area contributed by atoms with E-state index in [0.717, 1.165) is 0 Å². The summed E-state index contributed by atoms with van der Waals surface area (Å²) in [4.78, 5) is 23.0. The summed E-state index contributed by atoms with van der Waals surface area (Å²) in [5.74, 6) is -15.0. The van der Waals surface area contributed by atoms with Crippen molar-refractivity contribution in [1.29, 1.82) is 0 Å². The van der Waals surface area contributed by atoms with Gasteiger partial charge >= 0.3 is 35.0 Å². The first-order valence-electron chi connectivity index (χ1n) is 7.56. The molecule has 28 heavy (non-hydrogen) atoms. The van der Waals surface area contributed by atoms with Crippen LogP contribution in [0.2, 0.25) is 0 Å². The predicted molar refractivity (Wildman–Crippen MR) is 82.5 cm³/mol. The van der Waals surface area contributed by atoms with Gasteiger partial charge in [0.2, 0.25) is 5.83 Å². The van der Waals surface area contributed by atoms with Gasteiger partial charge in [-0.1, -0.05) is 19.2 Å². The molecule has 0 radical (unpaired) electrons. The quantitative estimate of drug-likeness (QED) is 0.127. The largest absolute Gasteiger partial charge is 0.466 e. The van der Waals surface area contributed by atoms with Gasteiger partial charge in [-0.3, -0.25) is 4.79 Å². The molecule has 5 nitrogen and oxygen atoms in total. The van der Waals surface area contributed by atoms with E-state index in [2.05, 4.69) is 28.7 Å². The van der Waals surface area contributed by atoms with Crippen LogP contribution in [0.5, 0.6) is 0 Å². The van der Waals surface area contributed by atoms with Crippen molar-refractivity contribution < 1.29 is 54.2 Å². The van der Waals surface area contributed by atoms with Gasteiger partial charge in [0.05, 0.1) is 6.61 Å². The molecule has 0 spiro atoms. The van der Waals surface area contributed by atoms with Crippen molar-refractivity contribution in [3.05, 3.63) is 12.4 Å². The lowest BCUT2D eigenvalue weighted by Crippen LogP contribution is -2.61. The number of amides is 1. The number of halogens is 8. The number of hydrogen-bond donors (Lipinski definition) is 2. The fourth-order valence-electron chi connectivity index (χ4n) is 1.69. The number of alkyl halides is 7. The topological polar surface area (TPSA) is 64.6 Å². The summed E-state index contributed by atoms with van der Waals surface area (Å²) in [5, 5.41) is -2.97. The maximum Gasteiger partial charge on any atom is 0.466 e. The van der Waals surface area contributed by atoms with E-state index in [1.807, 2.05) is 0 Å². The molecule has 0 aliphatic heterocycles. The van der Waals surface area contributed by atoms with Crippen molar-refractivity contribution in [2.75, 3.05) is 13.2 Å². The zero-order valence-corrected chi connectivity index (χ0v) is 15.2. The summed E-state index contributed by atoms with van der Waals surface area (Å²) >= 11 is 2.43. The molecule has 1 N–H and O–H groups in total. The molecular weight excluding hydrogens is 430 g/mol. The summed E-state index contributed by atoms with van der Waals surface area (Å²) in [7, 11) is 0. The number of carbonyl (C=O) groups is 2. The number of hydrogen-bond acceptors (Lipinski definition) is 5. The Balaban J connectivity index is 5.30. The fraction of sp³-hybridized carbons (Fsp3) is 0.714. The number of ether oxygens (including phenoxy) is 2. The minimum atomic E-state index is -5.70. The number of carbonyl (C=O) groups excluding carboxylic acids is 2. The molecule has 0 heterocycles. The average Bonchev–Trinajstić information content (AvgIpc) is 2.50. The molecule has 14 heteroatoms. The van der Waals surface area contributed by atoms with Crippen LogP contribution in [0.4, 0.5) is 35.1 Å². The van der Waals surface area contributed by atoms with Gasteiger partial charge in [0, 0.05) is 13.0 Å². The first-order chi connectivity index (χ1) is 12.5. The first-order valence-corrected chi connectivity index (χ1v) is 8.01. The van der Waals surface area contributed by atoms with Crippen LogP contribution in [0.15, 0.2) is 12.4 Å². The number of esters is 1. The monoisotopic (exact) mass is 447 g/mol. The minimum Gasteiger partial charge on any atom is -0.410 e. The standard InChI is InChI=1S/C14H17F8NO4S/c1-3-23-10(25)12(13(18,19)20,27-9(24)8(2)15)26-7-5-4-6-11(16,17)14(21,22)28/h28H,2-7H2,1H3,(H,23,25). The highest BCUT2D eigenvalue weighted by molar-refractivity contribution is 7.81. The minimum absolute atomic E-state index is 0.364. The van der Waals surface area contributed by atoms with E-state index in [-0.39, 0.29) is 6.54 Å². The molecule has 0 saturated heterocycles. The number of rotatable bonds is 11. The molecule has 0 saturated carbocycles. The molecule has 164 valence electrons. The Morgan fingerprint density at radius 2 is 1.61 bits per heavy atom. The van der Waals surface area contributed by atoms with Crippen LogP contribution in [-0.4, -0.2) is 48.2 Å². The van der Waals surface area contributed by atoms with Crippen LogP contribution in [0.3, 0.4) is 0 Å². The third kappa shape index (κ3) is 6.79. The average molecular weight is 447 g/mol. The second kappa shape index (κ2) is 9.76. The Labute approximate surface area is 159 Å². The Bertz CT molecular complexity index is 579. The van der Waals surface area contributed by atoms with Gasteiger partial charge in [-0.25, -0.2) is 4.79 Å².